The van der Waals surface area contributed by atoms with Crippen molar-refractivity contribution in [2.75, 3.05) is 14.2 Å². The molecular weight excluding hydrogens is 250 g/mol. The number of imide groups is 3. The molecule has 1 aliphatic heterocycles. The lowest BCUT2D eigenvalue weighted by Gasteiger charge is -2.15. The highest BCUT2D eigenvalue weighted by molar-refractivity contribution is 6.20. The molecule has 6 nitrogen and oxygen atoms in total. The van der Waals surface area contributed by atoms with Gasteiger partial charge in [0.25, 0.3) is 5.91 Å². The van der Waals surface area contributed by atoms with Gasteiger partial charge < -0.3 is 9.47 Å². The molecule has 0 atom stereocenters. The molecule has 2 rings (SSSR count). The van der Waals surface area contributed by atoms with Gasteiger partial charge in [0.1, 0.15) is 0 Å². The molecule has 0 saturated carbocycles. The topological polar surface area (TPSA) is 72.9 Å². The highest BCUT2D eigenvalue weighted by Gasteiger charge is 2.36. The highest BCUT2D eigenvalue weighted by Crippen LogP contribution is 2.32. The Morgan fingerprint density at radius 2 is 1.74 bits per heavy atom. The molecule has 19 heavy (non-hydrogen) atoms. The van der Waals surface area contributed by atoms with E-state index in [-0.39, 0.29) is 24.2 Å². The molecule has 0 unspecified atom stereocenters. The molecule has 1 aromatic rings. The molecule has 0 aromatic heterocycles. The van der Waals surface area contributed by atoms with Gasteiger partial charge in [-0.15, -0.1) is 0 Å². The predicted octanol–water partition coefficient (Wildman–Crippen LogP) is 0.993. The SMILES string of the molecule is COc1cccc(C(=O)N2C(=O)CCC2=O)c1OC. The number of hydrogen-bond donors (Lipinski definition) is 0. The van der Waals surface area contributed by atoms with Gasteiger partial charge in [0, 0.05) is 12.8 Å². The minimum Gasteiger partial charge on any atom is -0.493 e. The van der Waals surface area contributed by atoms with E-state index < -0.39 is 17.7 Å². The average molecular weight is 263 g/mol. The lowest BCUT2D eigenvalue weighted by molar-refractivity contribution is -0.134. The normalized spacial score (nSPS) is 14.7. The van der Waals surface area contributed by atoms with Crippen molar-refractivity contribution in [1.82, 2.24) is 4.90 Å². The van der Waals surface area contributed by atoms with Gasteiger partial charge in [0.15, 0.2) is 11.5 Å². The first-order chi connectivity index (χ1) is 9.10. The smallest absolute Gasteiger partial charge is 0.271 e. The zero-order valence-corrected chi connectivity index (χ0v) is 10.6. The first-order valence-corrected chi connectivity index (χ1v) is 5.71. The first kappa shape index (κ1) is 13.1. The van der Waals surface area contributed by atoms with Gasteiger partial charge in [0.2, 0.25) is 11.8 Å². The molecule has 1 heterocycles. The van der Waals surface area contributed by atoms with Crippen molar-refractivity contribution >= 4 is 17.7 Å². The van der Waals surface area contributed by atoms with Crippen molar-refractivity contribution in [2.45, 2.75) is 12.8 Å². The fraction of sp³-hybridized carbons (Fsp3) is 0.308. The quantitative estimate of drug-likeness (QED) is 0.760. The Bertz CT molecular complexity index is 536. The van der Waals surface area contributed by atoms with Gasteiger partial charge in [-0.05, 0) is 12.1 Å². The van der Waals surface area contributed by atoms with Crippen molar-refractivity contribution in [1.29, 1.82) is 0 Å². The van der Waals surface area contributed by atoms with E-state index in [0.29, 0.717) is 10.6 Å². The summed E-state index contributed by atoms with van der Waals surface area (Å²) in [4.78, 5) is 36.1. The maximum absolute atomic E-state index is 12.3. The molecular formula is C13H13NO5. The maximum atomic E-state index is 12.3. The standard InChI is InChI=1S/C13H13NO5/c1-18-9-5-3-4-8(12(9)19-2)13(17)14-10(15)6-7-11(14)16/h3-5H,6-7H2,1-2H3. The van der Waals surface area contributed by atoms with Crippen LogP contribution in [0.1, 0.15) is 23.2 Å². The number of carbonyl (C=O) groups excluding carboxylic acids is 3. The fourth-order valence-corrected chi connectivity index (χ4v) is 1.98. The van der Waals surface area contributed by atoms with Gasteiger partial charge in [-0.3, -0.25) is 14.4 Å². The van der Waals surface area contributed by atoms with Crippen LogP contribution in [-0.2, 0) is 9.59 Å². The summed E-state index contributed by atoms with van der Waals surface area (Å²) in [5, 5.41) is 0. The van der Waals surface area contributed by atoms with Crippen LogP contribution in [0.25, 0.3) is 0 Å². The predicted molar refractivity (Wildman–Crippen MR) is 65.0 cm³/mol. The Kier molecular flexibility index (Phi) is 3.50. The van der Waals surface area contributed by atoms with Crippen molar-refractivity contribution in [3.63, 3.8) is 0 Å². The molecule has 1 aliphatic rings. The van der Waals surface area contributed by atoms with Gasteiger partial charge in [-0.1, -0.05) is 6.07 Å². The molecule has 1 aromatic carbocycles. The Balaban J connectivity index is 2.44. The third-order valence-corrected chi connectivity index (χ3v) is 2.89. The van der Waals surface area contributed by atoms with Gasteiger partial charge in [0.05, 0.1) is 19.8 Å². The van der Waals surface area contributed by atoms with E-state index in [1.165, 1.54) is 20.3 Å². The molecule has 3 amide bonds. The van der Waals surface area contributed by atoms with E-state index in [1.54, 1.807) is 12.1 Å². The van der Waals surface area contributed by atoms with E-state index in [1.807, 2.05) is 0 Å². The van der Waals surface area contributed by atoms with Gasteiger partial charge in [-0.2, -0.15) is 0 Å². The fourth-order valence-electron chi connectivity index (χ4n) is 1.98. The first-order valence-electron chi connectivity index (χ1n) is 5.71. The lowest BCUT2D eigenvalue weighted by Crippen LogP contribution is -2.35. The van der Waals surface area contributed by atoms with Crippen molar-refractivity contribution < 1.29 is 23.9 Å². The molecule has 6 heteroatoms. The van der Waals surface area contributed by atoms with E-state index in [0.717, 1.165) is 0 Å². The molecule has 1 fully saturated rings. The number of hydrogen-bond acceptors (Lipinski definition) is 5. The summed E-state index contributed by atoms with van der Waals surface area (Å²) in [7, 11) is 2.83. The van der Waals surface area contributed by atoms with Crippen molar-refractivity contribution in [2.24, 2.45) is 0 Å². The summed E-state index contributed by atoms with van der Waals surface area (Å²) in [5.74, 6) is -1.07. The van der Waals surface area contributed by atoms with Crippen LogP contribution in [0.3, 0.4) is 0 Å². The van der Waals surface area contributed by atoms with Crippen LogP contribution in [-0.4, -0.2) is 36.8 Å². The van der Waals surface area contributed by atoms with E-state index >= 15 is 0 Å². The number of amides is 3. The third-order valence-electron chi connectivity index (χ3n) is 2.89. The second-order valence-electron chi connectivity index (χ2n) is 3.97. The van der Waals surface area contributed by atoms with Crippen LogP contribution in [0, 0.1) is 0 Å². The summed E-state index contributed by atoms with van der Waals surface area (Å²) in [6.07, 6.45) is 0.133. The summed E-state index contributed by atoms with van der Waals surface area (Å²) < 4.78 is 10.2. The summed E-state index contributed by atoms with van der Waals surface area (Å²) >= 11 is 0. The minimum atomic E-state index is -0.678. The van der Waals surface area contributed by atoms with Crippen LogP contribution < -0.4 is 9.47 Å². The highest BCUT2D eigenvalue weighted by atomic mass is 16.5. The lowest BCUT2D eigenvalue weighted by atomic mass is 10.1. The number of nitrogens with zero attached hydrogens (tertiary/aromatic N) is 1. The number of likely N-dealkylation sites (tertiary alicyclic amines) is 1. The number of carbonyl (C=O) groups is 3. The van der Waals surface area contributed by atoms with Crippen LogP contribution in [0.4, 0.5) is 0 Å². The average Bonchev–Trinajstić information content (AvgIpc) is 2.76. The van der Waals surface area contributed by atoms with Gasteiger partial charge >= 0.3 is 0 Å². The Morgan fingerprint density at radius 3 is 2.26 bits per heavy atom. The van der Waals surface area contributed by atoms with Crippen LogP contribution >= 0.6 is 0 Å². The number of ether oxygens (including phenoxy) is 2. The maximum Gasteiger partial charge on any atom is 0.271 e. The van der Waals surface area contributed by atoms with Gasteiger partial charge in [-0.25, -0.2) is 4.90 Å². The number of rotatable bonds is 3. The van der Waals surface area contributed by atoms with Crippen LogP contribution in [0.2, 0.25) is 0 Å². The second-order valence-corrected chi connectivity index (χ2v) is 3.97. The van der Waals surface area contributed by atoms with Crippen LogP contribution in [0.5, 0.6) is 11.5 Å². The van der Waals surface area contributed by atoms with Crippen molar-refractivity contribution in [3.05, 3.63) is 23.8 Å². The molecule has 1 saturated heterocycles. The molecule has 0 radical (unpaired) electrons. The molecule has 0 spiro atoms. The number of para-hydroxylation sites is 1. The van der Waals surface area contributed by atoms with Crippen molar-refractivity contribution in [3.8, 4) is 11.5 Å². The Labute approximate surface area is 109 Å². The summed E-state index contributed by atoms with van der Waals surface area (Å²) in [5.41, 5.74) is 0.130. The van der Waals surface area contributed by atoms with E-state index in [2.05, 4.69) is 0 Å². The molecule has 100 valence electrons. The number of methoxy groups -OCH3 is 2. The molecule has 0 aliphatic carbocycles. The minimum absolute atomic E-state index is 0.0663. The number of benzene rings is 1. The summed E-state index contributed by atoms with van der Waals surface area (Å²) in [6, 6.07) is 4.71. The molecule has 0 N–H and O–H groups in total. The zero-order valence-electron chi connectivity index (χ0n) is 10.6. The second kappa shape index (κ2) is 5.09. The summed E-state index contributed by atoms with van der Waals surface area (Å²) in [6.45, 7) is 0. The monoisotopic (exact) mass is 263 g/mol. The Hall–Kier alpha value is -2.37. The van der Waals surface area contributed by atoms with E-state index in [4.69, 9.17) is 9.47 Å². The largest absolute Gasteiger partial charge is 0.493 e. The zero-order chi connectivity index (χ0) is 14.0. The van der Waals surface area contributed by atoms with Crippen LogP contribution in [0.15, 0.2) is 18.2 Å². The molecule has 0 bridgehead atoms. The van der Waals surface area contributed by atoms with E-state index in [9.17, 15) is 14.4 Å². The Morgan fingerprint density at radius 1 is 1.11 bits per heavy atom. The third kappa shape index (κ3) is 2.16.